The number of hydrogen-bond donors (Lipinski definition) is 1. The molecule has 2 aromatic rings. The predicted octanol–water partition coefficient (Wildman–Crippen LogP) is 2.00. The van der Waals surface area contributed by atoms with Gasteiger partial charge in [-0.3, -0.25) is 14.9 Å². The third kappa shape index (κ3) is 4.85. The summed E-state index contributed by atoms with van der Waals surface area (Å²) in [7, 11) is -4.26. The first-order valence-corrected chi connectivity index (χ1v) is 8.76. The maximum absolute atomic E-state index is 12.3. The molecule has 0 heterocycles. The molecule has 1 atom stereocenters. The average molecular weight is 364 g/mol. The van der Waals surface area contributed by atoms with E-state index in [1.165, 1.54) is 19.1 Å². The van der Waals surface area contributed by atoms with E-state index >= 15 is 0 Å². The smallest absolute Gasteiger partial charge is 0.324 e. The number of nitro groups is 1. The van der Waals surface area contributed by atoms with Gasteiger partial charge in [0, 0.05) is 6.07 Å². The van der Waals surface area contributed by atoms with Gasteiger partial charge in [-0.25, -0.2) is 8.42 Å². The molecule has 0 aliphatic carbocycles. The normalized spacial score (nSPS) is 12.4. The summed E-state index contributed by atoms with van der Waals surface area (Å²) in [4.78, 5) is 21.6. The van der Waals surface area contributed by atoms with Crippen LogP contribution in [0.4, 0.5) is 5.69 Å². The largest absolute Gasteiger partial charge is 0.460 e. The zero-order valence-corrected chi connectivity index (χ0v) is 14.1. The molecule has 0 aliphatic heterocycles. The van der Waals surface area contributed by atoms with E-state index < -0.39 is 37.5 Å². The Balaban J connectivity index is 2.07. The van der Waals surface area contributed by atoms with Crippen molar-refractivity contribution in [3.63, 3.8) is 0 Å². The van der Waals surface area contributed by atoms with E-state index in [-0.39, 0.29) is 6.61 Å². The van der Waals surface area contributed by atoms with Gasteiger partial charge in [-0.05, 0) is 18.6 Å². The van der Waals surface area contributed by atoms with Crippen molar-refractivity contribution in [3.05, 3.63) is 70.3 Å². The third-order valence-corrected chi connectivity index (χ3v) is 4.85. The van der Waals surface area contributed by atoms with Gasteiger partial charge in [0.2, 0.25) is 10.0 Å². The van der Waals surface area contributed by atoms with Crippen LogP contribution in [0.1, 0.15) is 12.5 Å². The Hall–Kier alpha value is -2.78. The summed E-state index contributed by atoms with van der Waals surface area (Å²) in [5.41, 5.74) is 0.185. The number of sulfonamides is 1. The molecule has 0 aliphatic rings. The highest BCUT2D eigenvalue weighted by atomic mass is 32.2. The molecule has 0 saturated heterocycles. The van der Waals surface area contributed by atoms with Gasteiger partial charge < -0.3 is 4.74 Å². The number of nitro benzene ring substituents is 1. The number of nitrogens with one attached hydrogen (secondary N) is 1. The van der Waals surface area contributed by atoms with Crippen molar-refractivity contribution in [3.8, 4) is 0 Å². The fraction of sp³-hybridized carbons (Fsp3) is 0.188. The lowest BCUT2D eigenvalue weighted by atomic mass is 10.2. The lowest BCUT2D eigenvalue weighted by molar-refractivity contribution is -0.387. The molecule has 1 unspecified atom stereocenters. The molecule has 0 fully saturated rings. The summed E-state index contributed by atoms with van der Waals surface area (Å²) in [6.45, 7) is 1.30. The molecule has 2 aromatic carbocycles. The number of para-hydroxylation sites is 1. The van der Waals surface area contributed by atoms with Crippen molar-refractivity contribution in [1.29, 1.82) is 0 Å². The van der Waals surface area contributed by atoms with Gasteiger partial charge in [0.05, 0.1) is 4.92 Å². The first-order valence-electron chi connectivity index (χ1n) is 7.27. The van der Waals surface area contributed by atoms with Crippen LogP contribution in [0.3, 0.4) is 0 Å². The summed E-state index contributed by atoms with van der Waals surface area (Å²) in [6.07, 6.45) is 0. The number of carbonyl (C=O) groups is 1. The number of carbonyl (C=O) groups excluding carboxylic acids is 1. The van der Waals surface area contributed by atoms with Crippen molar-refractivity contribution in [2.75, 3.05) is 0 Å². The van der Waals surface area contributed by atoms with Crippen molar-refractivity contribution in [2.24, 2.45) is 0 Å². The van der Waals surface area contributed by atoms with Crippen LogP contribution in [-0.4, -0.2) is 25.4 Å². The standard InChI is InChI=1S/C16H16N2O6S/c1-12(16(19)24-11-13-7-3-2-4-8-13)17-25(22,23)15-10-6-5-9-14(15)18(20)21/h2-10,12,17H,11H2,1H3. The summed E-state index contributed by atoms with van der Waals surface area (Å²) in [6, 6.07) is 12.6. The highest BCUT2D eigenvalue weighted by molar-refractivity contribution is 7.89. The molecule has 0 amide bonds. The summed E-state index contributed by atoms with van der Waals surface area (Å²) in [5, 5.41) is 11.0. The lowest BCUT2D eigenvalue weighted by Crippen LogP contribution is -2.39. The van der Waals surface area contributed by atoms with Crippen LogP contribution < -0.4 is 4.72 Å². The predicted molar refractivity (Wildman–Crippen MR) is 89.1 cm³/mol. The van der Waals surface area contributed by atoms with Gasteiger partial charge in [-0.15, -0.1) is 0 Å². The Morgan fingerprint density at radius 3 is 2.40 bits per heavy atom. The average Bonchev–Trinajstić information content (AvgIpc) is 2.60. The number of nitrogens with zero attached hydrogens (tertiary/aromatic N) is 1. The van der Waals surface area contributed by atoms with Crippen LogP contribution in [0.2, 0.25) is 0 Å². The Labute approximate surface area is 144 Å². The summed E-state index contributed by atoms with van der Waals surface area (Å²) in [5.74, 6) is -0.786. The maximum atomic E-state index is 12.3. The number of benzene rings is 2. The molecular weight excluding hydrogens is 348 g/mol. The van der Waals surface area contributed by atoms with E-state index in [2.05, 4.69) is 4.72 Å². The van der Waals surface area contributed by atoms with Crippen molar-refractivity contribution in [1.82, 2.24) is 4.72 Å². The van der Waals surface area contributed by atoms with Gasteiger partial charge in [0.25, 0.3) is 5.69 Å². The van der Waals surface area contributed by atoms with Crippen LogP contribution >= 0.6 is 0 Å². The van der Waals surface area contributed by atoms with Crippen LogP contribution in [0.25, 0.3) is 0 Å². The summed E-state index contributed by atoms with van der Waals surface area (Å²) >= 11 is 0. The monoisotopic (exact) mass is 364 g/mol. The Kier molecular flexibility index (Phi) is 5.84. The Morgan fingerprint density at radius 2 is 1.76 bits per heavy atom. The molecule has 2 rings (SSSR count). The first-order chi connectivity index (χ1) is 11.8. The zero-order chi connectivity index (χ0) is 18.4. The van der Waals surface area contributed by atoms with Gasteiger partial charge in [0.1, 0.15) is 12.6 Å². The highest BCUT2D eigenvalue weighted by Gasteiger charge is 2.29. The molecule has 9 heteroatoms. The molecule has 0 radical (unpaired) electrons. The van der Waals surface area contributed by atoms with Crippen molar-refractivity contribution < 1.29 is 22.9 Å². The fourth-order valence-corrected chi connectivity index (χ4v) is 3.40. The minimum atomic E-state index is -4.26. The van der Waals surface area contributed by atoms with E-state index in [1.54, 1.807) is 24.3 Å². The minimum Gasteiger partial charge on any atom is -0.460 e. The van der Waals surface area contributed by atoms with Crippen molar-refractivity contribution >= 4 is 21.7 Å². The quantitative estimate of drug-likeness (QED) is 0.456. The topological polar surface area (TPSA) is 116 Å². The van der Waals surface area contributed by atoms with Crippen LogP contribution in [0.15, 0.2) is 59.5 Å². The third-order valence-electron chi connectivity index (χ3n) is 3.26. The van der Waals surface area contributed by atoms with E-state index in [9.17, 15) is 23.3 Å². The first kappa shape index (κ1) is 18.6. The van der Waals surface area contributed by atoms with E-state index in [1.807, 2.05) is 6.07 Å². The lowest BCUT2D eigenvalue weighted by Gasteiger charge is -2.14. The molecule has 25 heavy (non-hydrogen) atoms. The second-order valence-electron chi connectivity index (χ2n) is 5.16. The number of rotatable bonds is 7. The molecule has 1 N–H and O–H groups in total. The van der Waals surface area contributed by atoms with Gasteiger partial charge >= 0.3 is 5.97 Å². The van der Waals surface area contributed by atoms with Gasteiger partial charge in [0.15, 0.2) is 4.90 Å². The second kappa shape index (κ2) is 7.86. The SMILES string of the molecule is CC(NS(=O)(=O)c1ccccc1[N+](=O)[O-])C(=O)OCc1ccccc1. The molecule has 0 spiro atoms. The van der Waals surface area contributed by atoms with Crippen LogP contribution in [0.5, 0.6) is 0 Å². The molecule has 0 bridgehead atoms. The van der Waals surface area contributed by atoms with E-state index in [0.29, 0.717) is 0 Å². The molecular formula is C16H16N2O6S. The minimum absolute atomic E-state index is 0.00275. The fourth-order valence-electron chi connectivity index (χ4n) is 2.03. The molecule has 132 valence electrons. The number of esters is 1. The Morgan fingerprint density at radius 1 is 1.16 bits per heavy atom. The summed E-state index contributed by atoms with van der Waals surface area (Å²) < 4.78 is 31.8. The van der Waals surface area contributed by atoms with Gasteiger partial charge in [-0.2, -0.15) is 4.72 Å². The highest BCUT2D eigenvalue weighted by Crippen LogP contribution is 2.22. The van der Waals surface area contributed by atoms with Gasteiger partial charge in [-0.1, -0.05) is 42.5 Å². The number of hydrogen-bond acceptors (Lipinski definition) is 6. The Bertz CT molecular complexity index is 867. The van der Waals surface area contributed by atoms with Crippen molar-refractivity contribution in [2.45, 2.75) is 24.5 Å². The molecule has 0 saturated carbocycles. The van der Waals surface area contributed by atoms with Crippen LogP contribution in [0, 0.1) is 10.1 Å². The van der Waals surface area contributed by atoms with Crippen LogP contribution in [-0.2, 0) is 26.2 Å². The van der Waals surface area contributed by atoms with E-state index in [4.69, 9.17) is 4.74 Å². The molecule has 0 aromatic heterocycles. The maximum Gasteiger partial charge on any atom is 0.324 e. The zero-order valence-electron chi connectivity index (χ0n) is 13.3. The van der Waals surface area contributed by atoms with E-state index in [0.717, 1.165) is 17.7 Å². The second-order valence-corrected chi connectivity index (χ2v) is 6.84. The molecule has 8 nitrogen and oxygen atoms in total. The number of ether oxygens (including phenoxy) is 1.